The molecule has 146 valence electrons. The second kappa shape index (κ2) is 10.2. The molecule has 1 amide bonds. The number of ether oxygens (including phenoxy) is 3. The van der Waals surface area contributed by atoms with Gasteiger partial charge in [0.15, 0.2) is 16.6 Å². The maximum atomic E-state index is 12.1. The van der Waals surface area contributed by atoms with Crippen molar-refractivity contribution in [2.24, 2.45) is 0 Å². The largest absolute Gasteiger partial charge is 0.493 e. The van der Waals surface area contributed by atoms with Gasteiger partial charge in [0, 0.05) is 22.6 Å². The fourth-order valence-electron chi connectivity index (χ4n) is 2.26. The molecule has 2 aromatic rings. The van der Waals surface area contributed by atoms with Crippen LogP contribution in [0, 0.1) is 6.92 Å². The Hall–Kier alpha value is -2.26. The van der Waals surface area contributed by atoms with Gasteiger partial charge in [-0.1, -0.05) is 0 Å². The van der Waals surface area contributed by atoms with Crippen LogP contribution in [0.1, 0.15) is 11.3 Å². The van der Waals surface area contributed by atoms with Crippen LogP contribution < -0.4 is 14.8 Å². The third-order valence-electron chi connectivity index (χ3n) is 3.62. The van der Waals surface area contributed by atoms with Crippen LogP contribution in [0.5, 0.6) is 11.5 Å². The van der Waals surface area contributed by atoms with Crippen molar-refractivity contribution in [3.8, 4) is 22.8 Å². The lowest BCUT2D eigenvalue weighted by Gasteiger charge is -2.08. The quantitative estimate of drug-likeness (QED) is 0.501. The van der Waals surface area contributed by atoms with Crippen LogP contribution in [0.4, 0.5) is 5.13 Å². The van der Waals surface area contributed by atoms with Crippen molar-refractivity contribution in [2.75, 3.05) is 38.2 Å². The summed E-state index contributed by atoms with van der Waals surface area (Å²) in [4.78, 5) is 28.6. The average Bonchev–Trinajstić information content (AvgIpc) is 3.04. The van der Waals surface area contributed by atoms with Crippen molar-refractivity contribution >= 4 is 40.1 Å². The summed E-state index contributed by atoms with van der Waals surface area (Å²) < 4.78 is 15.1. The number of benzene rings is 1. The number of nitrogens with zero attached hydrogens (tertiary/aromatic N) is 1. The molecule has 1 aromatic heterocycles. The molecule has 0 saturated heterocycles. The highest BCUT2D eigenvalue weighted by atomic mass is 32.2. The molecule has 0 aliphatic rings. The molecule has 0 bridgehead atoms. The van der Waals surface area contributed by atoms with Crippen molar-refractivity contribution < 1.29 is 23.8 Å². The molecule has 0 atom stereocenters. The zero-order valence-electron chi connectivity index (χ0n) is 15.7. The number of amides is 1. The van der Waals surface area contributed by atoms with Crippen LogP contribution in [0.3, 0.4) is 0 Å². The molecule has 0 fully saturated rings. The second-order valence-corrected chi connectivity index (χ2v) is 7.73. The van der Waals surface area contributed by atoms with Crippen LogP contribution in [0.2, 0.25) is 0 Å². The summed E-state index contributed by atoms with van der Waals surface area (Å²) in [6.07, 6.45) is 0.298. The molecule has 0 spiro atoms. The van der Waals surface area contributed by atoms with E-state index in [-0.39, 0.29) is 17.6 Å². The van der Waals surface area contributed by atoms with Gasteiger partial charge in [-0.25, -0.2) is 4.98 Å². The molecule has 0 saturated carbocycles. The van der Waals surface area contributed by atoms with Gasteiger partial charge in [-0.2, -0.15) is 0 Å². The first-order valence-corrected chi connectivity index (χ1v) is 10.1. The summed E-state index contributed by atoms with van der Waals surface area (Å²) in [5.41, 5.74) is 1.67. The van der Waals surface area contributed by atoms with E-state index in [1.165, 1.54) is 30.2 Å². The van der Waals surface area contributed by atoms with Gasteiger partial charge in [0.25, 0.3) is 0 Å². The van der Waals surface area contributed by atoms with E-state index in [9.17, 15) is 9.59 Å². The van der Waals surface area contributed by atoms with Gasteiger partial charge in [0.1, 0.15) is 0 Å². The molecule has 1 heterocycles. The first-order valence-electron chi connectivity index (χ1n) is 8.12. The highest BCUT2D eigenvalue weighted by Crippen LogP contribution is 2.36. The fourth-order valence-corrected chi connectivity index (χ4v) is 3.87. The van der Waals surface area contributed by atoms with Crippen molar-refractivity contribution in [1.29, 1.82) is 0 Å². The zero-order valence-corrected chi connectivity index (χ0v) is 17.3. The number of aromatic nitrogens is 1. The highest BCUT2D eigenvalue weighted by Gasteiger charge is 2.14. The summed E-state index contributed by atoms with van der Waals surface area (Å²) in [6.45, 7) is 1.95. The Balaban J connectivity index is 2.00. The van der Waals surface area contributed by atoms with E-state index in [1.54, 1.807) is 14.2 Å². The summed E-state index contributed by atoms with van der Waals surface area (Å²) in [5.74, 6) is 1.61. The normalized spacial score (nSPS) is 10.4. The Bertz CT molecular complexity index is 807. The lowest BCUT2D eigenvalue weighted by atomic mass is 10.1. The number of anilines is 1. The molecule has 7 nitrogen and oxygen atoms in total. The SMILES string of the molecule is COC(=O)CSCCC(=O)Nc1nc(-c2ccc(OC)c(OC)c2)c(C)s1. The number of methoxy groups -OCH3 is 3. The Morgan fingerprint density at radius 2 is 1.93 bits per heavy atom. The minimum absolute atomic E-state index is 0.139. The van der Waals surface area contributed by atoms with Gasteiger partial charge >= 0.3 is 5.97 Å². The van der Waals surface area contributed by atoms with Gasteiger partial charge < -0.3 is 19.5 Å². The molecule has 9 heteroatoms. The number of hydrogen-bond donors (Lipinski definition) is 1. The van der Waals surface area contributed by atoms with Crippen molar-refractivity contribution in [3.05, 3.63) is 23.1 Å². The molecule has 0 unspecified atom stereocenters. The molecular weight excluding hydrogens is 388 g/mol. The van der Waals surface area contributed by atoms with E-state index < -0.39 is 0 Å². The first kappa shape index (κ1) is 21.0. The third-order valence-corrected chi connectivity index (χ3v) is 5.44. The van der Waals surface area contributed by atoms with Crippen LogP contribution >= 0.6 is 23.1 Å². The minimum atomic E-state index is -0.296. The standard InChI is InChI=1S/C18H22N2O5S2/c1-11-17(12-5-6-13(23-2)14(9-12)24-3)20-18(27-11)19-15(21)7-8-26-10-16(22)25-4/h5-6,9H,7-8,10H2,1-4H3,(H,19,20,21). The molecule has 1 N–H and O–H groups in total. The topological polar surface area (TPSA) is 86.8 Å². The van der Waals surface area contributed by atoms with Crippen LogP contribution in [0.15, 0.2) is 18.2 Å². The van der Waals surface area contributed by atoms with Crippen LogP contribution in [-0.2, 0) is 14.3 Å². The third kappa shape index (κ3) is 5.86. The van der Waals surface area contributed by atoms with Gasteiger partial charge in [0.05, 0.1) is 32.8 Å². The number of thioether (sulfide) groups is 1. The Labute approximate surface area is 166 Å². The number of nitrogens with one attached hydrogen (secondary N) is 1. The van der Waals surface area contributed by atoms with E-state index in [2.05, 4.69) is 15.0 Å². The number of thiazole rings is 1. The van der Waals surface area contributed by atoms with E-state index in [0.717, 1.165) is 16.1 Å². The number of carbonyl (C=O) groups is 2. The van der Waals surface area contributed by atoms with Crippen LogP contribution in [0.25, 0.3) is 11.3 Å². The van der Waals surface area contributed by atoms with E-state index >= 15 is 0 Å². The summed E-state index contributed by atoms with van der Waals surface area (Å²) >= 11 is 2.77. The predicted octanol–water partition coefficient (Wildman–Crippen LogP) is 3.37. The Morgan fingerprint density at radius 1 is 1.19 bits per heavy atom. The van der Waals surface area contributed by atoms with Crippen molar-refractivity contribution in [3.63, 3.8) is 0 Å². The summed E-state index contributed by atoms with van der Waals surface area (Å²) in [6, 6.07) is 5.58. The zero-order chi connectivity index (χ0) is 19.8. The number of esters is 1. The van der Waals surface area contributed by atoms with Gasteiger partial charge in [0.2, 0.25) is 5.91 Å². The number of aryl methyl sites for hydroxylation is 1. The fraction of sp³-hybridized carbons (Fsp3) is 0.389. The van der Waals surface area contributed by atoms with Gasteiger partial charge in [-0.3, -0.25) is 9.59 Å². The minimum Gasteiger partial charge on any atom is -0.493 e. The lowest BCUT2D eigenvalue weighted by Crippen LogP contribution is -2.13. The average molecular weight is 411 g/mol. The maximum Gasteiger partial charge on any atom is 0.315 e. The van der Waals surface area contributed by atoms with E-state index in [4.69, 9.17) is 9.47 Å². The van der Waals surface area contributed by atoms with Crippen molar-refractivity contribution in [1.82, 2.24) is 4.98 Å². The molecular formula is C18H22N2O5S2. The Kier molecular flexibility index (Phi) is 7.93. The van der Waals surface area contributed by atoms with E-state index in [0.29, 0.717) is 28.8 Å². The number of hydrogen-bond acceptors (Lipinski definition) is 8. The highest BCUT2D eigenvalue weighted by molar-refractivity contribution is 7.99. The van der Waals surface area contributed by atoms with Crippen molar-refractivity contribution in [2.45, 2.75) is 13.3 Å². The molecule has 27 heavy (non-hydrogen) atoms. The van der Waals surface area contributed by atoms with E-state index in [1.807, 2.05) is 25.1 Å². The van der Waals surface area contributed by atoms with Gasteiger partial charge in [-0.05, 0) is 25.1 Å². The maximum absolute atomic E-state index is 12.1. The summed E-state index contributed by atoms with van der Waals surface area (Å²) in [5, 5.41) is 3.35. The number of rotatable bonds is 9. The molecule has 0 radical (unpaired) electrons. The van der Waals surface area contributed by atoms with Gasteiger partial charge in [-0.15, -0.1) is 23.1 Å². The smallest absolute Gasteiger partial charge is 0.315 e. The molecule has 1 aromatic carbocycles. The molecule has 0 aliphatic heterocycles. The lowest BCUT2D eigenvalue weighted by molar-refractivity contribution is -0.137. The molecule has 2 rings (SSSR count). The Morgan fingerprint density at radius 3 is 2.59 bits per heavy atom. The number of carbonyl (C=O) groups excluding carboxylic acids is 2. The summed E-state index contributed by atoms with van der Waals surface area (Å²) in [7, 11) is 4.51. The first-order chi connectivity index (χ1) is 13.0. The van der Waals surface area contributed by atoms with Crippen LogP contribution in [-0.4, -0.2) is 49.7 Å². The monoisotopic (exact) mass is 410 g/mol. The predicted molar refractivity (Wildman–Crippen MR) is 108 cm³/mol. The molecule has 0 aliphatic carbocycles. The second-order valence-electron chi connectivity index (χ2n) is 5.42.